The molecule has 1 unspecified atom stereocenters. The number of nitrogens with zero attached hydrogens (tertiary/aromatic N) is 2. The van der Waals surface area contributed by atoms with Gasteiger partial charge in [0, 0.05) is 19.1 Å². The molecule has 5 nitrogen and oxygen atoms in total. The Balaban J connectivity index is 1.93. The van der Waals surface area contributed by atoms with Crippen LogP contribution in [0, 0.1) is 0 Å². The first-order valence-electron chi connectivity index (χ1n) is 6.47. The van der Waals surface area contributed by atoms with Crippen LogP contribution in [0.3, 0.4) is 0 Å². The molecule has 2 heterocycles. The first-order chi connectivity index (χ1) is 8.24. The van der Waals surface area contributed by atoms with E-state index < -0.39 is 0 Å². The van der Waals surface area contributed by atoms with Crippen LogP contribution in [0.1, 0.15) is 19.8 Å². The number of likely N-dealkylation sites (tertiary alicyclic amines) is 1. The Morgan fingerprint density at radius 2 is 2.12 bits per heavy atom. The molecule has 0 bridgehead atoms. The van der Waals surface area contributed by atoms with E-state index in [-0.39, 0.29) is 24.6 Å². The molecule has 2 atom stereocenters. The first-order valence-corrected chi connectivity index (χ1v) is 6.47. The van der Waals surface area contributed by atoms with Crippen LogP contribution in [0.5, 0.6) is 0 Å². The predicted octanol–water partition coefficient (Wildman–Crippen LogP) is -0.310. The minimum Gasteiger partial charge on any atom is -0.395 e. The normalized spacial score (nSPS) is 28.4. The van der Waals surface area contributed by atoms with Crippen LogP contribution >= 0.6 is 0 Å². The molecule has 1 amide bonds. The summed E-state index contributed by atoms with van der Waals surface area (Å²) >= 11 is 0. The highest BCUT2D eigenvalue weighted by atomic mass is 16.5. The van der Waals surface area contributed by atoms with Crippen molar-refractivity contribution in [2.75, 3.05) is 39.5 Å². The first kappa shape index (κ1) is 12.8. The van der Waals surface area contributed by atoms with E-state index >= 15 is 0 Å². The number of rotatable bonds is 3. The highest BCUT2D eigenvalue weighted by Crippen LogP contribution is 2.20. The summed E-state index contributed by atoms with van der Waals surface area (Å²) in [6.45, 7) is 5.69. The van der Waals surface area contributed by atoms with Crippen molar-refractivity contribution < 1.29 is 14.6 Å². The minimum atomic E-state index is -0.118. The van der Waals surface area contributed by atoms with E-state index in [1.54, 1.807) is 0 Å². The van der Waals surface area contributed by atoms with E-state index in [2.05, 4.69) is 4.90 Å². The minimum absolute atomic E-state index is 0.118. The smallest absolute Gasteiger partial charge is 0.239 e. The van der Waals surface area contributed by atoms with Crippen molar-refractivity contribution in [3.63, 3.8) is 0 Å². The van der Waals surface area contributed by atoms with Crippen molar-refractivity contribution in [3.05, 3.63) is 0 Å². The van der Waals surface area contributed by atoms with Gasteiger partial charge in [0.05, 0.1) is 25.9 Å². The van der Waals surface area contributed by atoms with Crippen LogP contribution in [-0.2, 0) is 9.53 Å². The van der Waals surface area contributed by atoms with E-state index in [1.165, 1.54) is 0 Å². The molecule has 2 fully saturated rings. The summed E-state index contributed by atoms with van der Waals surface area (Å²) in [5.74, 6) is 0.175. The molecule has 0 radical (unpaired) electrons. The number of aliphatic hydroxyl groups is 1. The Morgan fingerprint density at radius 1 is 1.41 bits per heavy atom. The summed E-state index contributed by atoms with van der Waals surface area (Å²) in [5, 5.41) is 9.29. The average Bonchev–Trinajstić information content (AvgIpc) is 2.86. The molecule has 0 aromatic rings. The maximum atomic E-state index is 12.3. The Kier molecular flexibility index (Phi) is 4.36. The molecule has 2 rings (SSSR count). The van der Waals surface area contributed by atoms with Gasteiger partial charge < -0.3 is 14.7 Å². The predicted molar refractivity (Wildman–Crippen MR) is 63.7 cm³/mol. The molecule has 98 valence electrons. The lowest BCUT2D eigenvalue weighted by Gasteiger charge is -2.34. The molecule has 0 aromatic heterocycles. The van der Waals surface area contributed by atoms with Gasteiger partial charge in [0.15, 0.2) is 0 Å². The maximum Gasteiger partial charge on any atom is 0.239 e. The summed E-state index contributed by atoms with van der Waals surface area (Å²) in [5.41, 5.74) is 0. The van der Waals surface area contributed by atoms with Gasteiger partial charge in [0.25, 0.3) is 0 Å². The molecular weight excluding hydrogens is 220 g/mol. The van der Waals surface area contributed by atoms with Crippen molar-refractivity contribution in [1.29, 1.82) is 0 Å². The maximum absolute atomic E-state index is 12.3. The van der Waals surface area contributed by atoms with Crippen LogP contribution in [0.25, 0.3) is 0 Å². The second-order valence-corrected chi connectivity index (χ2v) is 4.83. The van der Waals surface area contributed by atoms with Gasteiger partial charge in [-0.2, -0.15) is 0 Å². The zero-order valence-corrected chi connectivity index (χ0v) is 10.5. The third-order valence-electron chi connectivity index (χ3n) is 3.81. The summed E-state index contributed by atoms with van der Waals surface area (Å²) in [6, 6.07) is 0.0442. The van der Waals surface area contributed by atoms with Gasteiger partial charge in [-0.25, -0.2) is 0 Å². The third-order valence-corrected chi connectivity index (χ3v) is 3.81. The van der Waals surface area contributed by atoms with Gasteiger partial charge in [-0.05, 0) is 26.3 Å². The van der Waals surface area contributed by atoms with E-state index in [0.29, 0.717) is 26.3 Å². The van der Waals surface area contributed by atoms with E-state index in [1.807, 2.05) is 11.8 Å². The summed E-state index contributed by atoms with van der Waals surface area (Å²) in [4.78, 5) is 16.3. The molecule has 17 heavy (non-hydrogen) atoms. The molecule has 2 aliphatic rings. The van der Waals surface area contributed by atoms with E-state index in [9.17, 15) is 9.90 Å². The van der Waals surface area contributed by atoms with Gasteiger partial charge in [-0.15, -0.1) is 0 Å². The molecule has 0 aromatic carbocycles. The lowest BCUT2D eigenvalue weighted by atomic mass is 10.2. The Bertz CT molecular complexity index is 266. The number of aliphatic hydroxyl groups excluding tert-OH is 1. The lowest BCUT2D eigenvalue weighted by molar-refractivity contribution is -0.141. The van der Waals surface area contributed by atoms with Crippen molar-refractivity contribution in [2.24, 2.45) is 0 Å². The van der Waals surface area contributed by atoms with Crippen LogP contribution in [0.4, 0.5) is 0 Å². The standard InChI is InChI=1S/C12H22N2O3/c1-10(14-4-2-3-11(14)9-15)12(16)13-5-7-17-8-6-13/h10-11,15H,2-9H2,1H3/t10?,11-/m0/s1. The van der Waals surface area contributed by atoms with Crippen LogP contribution in [-0.4, -0.2) is 72.4 Å². The summed E-state index contributed by atoms with van der Waals surface area (Å²) in [7, 11) is 0. The van der Waals surface area contributed by atoms with Crippen LogP contribution in [0.15, 0.2) is 0 Å². The van der Waals surface area contributed by atoms with Crippen molar-refractivity contribution in [2.45, 2.75) is 31.8 Å². The molecule has 2 saturated heterocycles. The van der Waals surface area contributed by atoms with Gasteiger partial charge in [0.1, 0.15) is 0 Å². The van der Waals surface area contributed by atoms with Crippen molar-refractivity contribution in [1.82, 2.24) is 9.80 Å². The largest absolute Gasteiger partial charge is 0.395 e. The lowest BCUT2D eigenvalue weighted by Crippen LogP contribution is -2.52. The van der Waals surface area contributed by atoms with Gasteiger partial charge >= 0.3 is 0 Å². The SMILES string of the molecule is CC(C(=O)N1CCOCC1)N1CCC[C@H]1CO. The number of carbonyl (C=O) groups excluding carboxylic acids is 1. The molecule has 2 aliphatic heterocycles. The van der Waals surface area contributed by atoms with Gasteiger partial charge in [0.2, 0.25) is 5.91 Å². The summed E-state index contributed by atoms with van der Waals surface area (Å²) in [6.07, 6.45) is 2.07. The third kappa shape index (κ3) is 2.78. The molecule has 0 aliphatic carbocycles. The highest BCUT2D eigenvalue weighted by Gasteiger charge is 2.33. The van der Waals surface area contributed by atoms with Gasteiger partial charge in [-0.1, -0.05) is 0 Å². The van der Waals surface area contributed by atoms with Gasteiger partial charge in [-0.3, -0.25) is 9.69 Å². The molecule has 5 heteroatoms. The molecule has 1 N–H and O–H groups in total. The fourth-order valence-corrected chi connectivity index (χ4v) is 2.75. The number of morpholine rings is 1. The second-order valence-electron chi connectivity index (χ2n) is 4.83. The van der Waals surface area contributed by atoms with Crippen LogP contribution < -0.4 is 0 Å². The average molecular weight is 242 g/mol. The number of ether oxygens (including phenoxy) is 1. The molecule has 0 spiro atoms. The quantitative estimate of drug-likeness (QED) is 0.737. The fourth-order valence-electron chi connectivity index (χ4n) is 2.75. The number of amides is 1. The number of carbonyl (C=O) groups is 1. The Labute approximate surface area is 102 Å². The fraction of sp³-hybridized carbons (Fsp3) is 0.917. The number of hydrogen-bond donors (Lipinski definition) is 1. The molecule has 0 saturated carbocycles. The van der Waals surface area contributed by atoms with Crippen molar-refractivity contribution >= 4 is 5.91 Å². The topological polar surface area (TPSA) is 53.0 Å². The zero-order valence-electron chi connectivity index (χ0n) is 10.5. The summed E-state index contributed by atoms with van der Waals surface area (Å²) < 4.78 is 5.25. The van der Waals surface area contributed by atoms with Crippen LogP contribution in [0.2, 0.25) is 0 Å². The molecular formula is C12H22N2O3. The van der Waals surface area contributed by atoms with Crippen molar-refractivity contribution in [3.8, 4) is 0 Å². The van der Waals surface area contributed by atoms with E-state index in [4.69, 9.17) is 4.74 Å². The van der Waals surface area contributed by atoms with E-state index in [0.717, 1.165) is 19.4 Å². The Morgan fingerprint density at radius 3 is 2.76 bits per heavy atom. The number of hydrogen-bond acceptors (Lipinski definition) is 4. The monoisotopic (exact) mass is 242 g/mol. The highest BCUT2D eigenvalue weighted by molar-refractivity contribution is 5.81. The Hall–Kier alpha value is -0.650. The zero-order chi connectivity index (χ0) is 12.3. The second kappa shape index (κ2) is 5.80.